The van der Waals surface area contributed by atoms with Crippen LogP contribution in [0.1, 0.15) is 154 Å². The van der Waals surface area contributed by atoms with Crippen molar-refractivity contribution in [3.8, 4) is 0 Å². The second-order valence-electron chi connectivity index (χ2n) is 15.1. The van der Waals surface area contributed by atoms with Gasteiger partial charge in [0, 0.05) is 64.2 Å². The predicted molar refractivity (Wildman–Crippen MR) is 208 cm³/mol. The van der Waals surface area contributed by atoms with Crippen LogP contribution in [-0.2, 0) is 62.4 Å². The van der Waals surface area contributed by atoms with Crippen molar-refractivity contribution in [3.63, 3.8) is 0 Å². The Balaban J connectivity index is 2.45. The highest BCUT2D eigenvalue weighted by Crippen LogP contribution is 2.19. The van der Waals surface area contributed by atoms with Crippen LogP contribution < -0.4 is 10.6 Å². The summed E-state index contributed by atoms with van der Waals surface area (Å²) in [6, 6.07) is -3.01. The van der Waals surface area contributed by atoms with Gasteiger partial charge >= 0.3 is 35.8 Å². The summed E-state index contributed by atoms with van der Waals surface area (Å²) in [5.41, 5.74) is 0. The number of unbranched alkanes of at least 4 members (excludes halogenated alkanes) is 9. The number of nitrogens with one attached hydrogen (secondary N) is 2. The van der Waals surface area contributed by atoms with E-state index in [1.165, 1.54) is 0 Å². The molecule has 1 heterocycles. The first-order valence-electron chi connectivity index (χ1n) is 20.6. The number of hydroxylamine groups is 2. The van der Waals surface area contributed by atoms with Crippen LogP contribution in [0.2, 0.25) is 0 Å². The number of nitrogens with zero attached hydrogens (tertiary/aromatic N) is 1. The average Bonchev–Trinajstić information content (AvgIpc) is 3.49. The molecule has 0 aromatic rings. The number of hydrogen-bond donors (Lipinski definition) is 7. The first-order chi connectivity index (χ1) is 28.8. The fraction of sp³-hybridized carbons (Fsp3) is 0.700. The van der Waals surface area contributed by atoms with Gasteiger partial charge in [-0.25, -0.2) is 14.4 Å². The number of Topliss-reactive ketones (excluding diaryl/α,β-unsaturated/α-hetero) is 2. The van der Waals surface area contributed by atoms with Crippen LogP contribution in [0.3, 0.4) is 0 Å². The minimum Gasteiger partial charge on any atom is -0.481 e. The van der Waals surface area contributed by atoms with Crippen LogP contribution in [0.4, 0.5) is 0 Å². The maximum Gasteiger partial charge on any atom is 0.333 e. The molecular weight excluding hydrogens is 810 g/mol. The molecule has 0 aromatic carbocycles. The van der Waals surface area contributed by atoms with Gasteiger partial charge in [-0.3, -0.25) is 43.2 Å². The van der Waals surface area contributed by atoms with E-state index in [4.69, 9.17) is 5.11 Å². The van der Waals surface area contributed by atoms with E-state index in [0.717, 1.165) is 51.4 Å². The zero-order valence-electron chi connectivity index (χ0n) is 34.3. The number of ketones is 2. The third kappa shape index (κ3) is 24.2. The van der Waals surface area contributed by atoms with Crippen molar-refractivity contribution in [3.05, 3.63) is 0 Å². The molecule has 0 aromatic heterocycles. The normalized spacial score (nSPS) is 14.3. The number of aliphatic carboxylic acids is 5. The Morgan fingerprint density at radius 1 is 0.475 bits per heavy atom. The second kappa shape index (κ2) is 29.5. The molecule has 1 fully saturated rings. The van der Waals surface area contributed by atoms with Gasteiger partial charge in [0.15, 0.2) is 0 Å². The topological polar surface area (TPSA) is 343 Å². The number of carbonyl (C=O) groups excluding carboxylic acids is 7. The van der Waals surface area contributed by atoms with E-state index in [0.29, 0.717) is 17.9 Å². The molecule has 0 unspecified atom stereocenters. The molecule has 1 aliphatic rings. The van der Waals surface area contributed by atoms with Crippen molar-refractivity contribution in [2.75, 3.05) is 0 Å². The highest BCUT2D eigenvalue weighted by Gasteiger charge is 2.34. The first-order valence-corrected chi connectivity index (χ1v) is 20.6. The molecule has 4 amide bonds. The first kappa shape index (κ1) is 53.3. The summed E-state index contributed by atoms with van der Waals surface area (Å²) in [4.78, 5) is 148. The molecule has 0 saturated carbocycles. The van der Waals surface area contributed by atoms with Gasteiger partial charge in [0.2, 0.25) is 11.8 Å². The number of amides is 4. The Kier molecular flexibility index (Phi) is 25.7. The third-order valence-corrected chi connectivity index (χ3v) is 10.00. The second-order valence-corrected chi connectivity index (χ2v) is 15.1. The van der Waals surface area contributed by atoms with Crippen molar-refractivity contribution in [1.29, 1.82) is 0 Å². The molecule has 21 nitrogen and oxygen atoms in total. The lowest BCUT2D eigenvalue weighted by atomic mass is 9.94. The van der Waals surface area contributed by atoms with Gasteiger partial charge in [-0.15, -0.1) is 5.06 Å². The number of rotatable bonds is 36. The van der Waals surface area contributed by atoms with E-state index in [9.17, 15) is 78.0 Å². The predicted octanol–water partition coefficient (Wildman–Crippen LogP) is 2.94. The van der Waals surface area contributed by atoms with Crippen LogP contribution in [0.15, 0.2) is 0 Å². The van der Waals surface area contributed by atoms with Gasteiger partial charge in [0.1, 0.15) is 23.7 Å². The highest BCUT2D eigenvalue weighted by molar-refractivity contribution is 6.01. The number of carbonyl (C=O) groups is 12. The average molecular weight is 870 g/mol. The Morgan fingerprint density at radius 3 is 1.25 bits per heavy atom. The van der Waals surface area contributed by atoms with Crippen molar-refractivity contribution in [2.45, 2.75) is 166 Å². The molecule has 7 N–H and O–H groups in total. The molecule has 0 spiro atoms. The van der Waals surface area contributed by atoms with Crippen LogP contribution >= 0.6 is 0 Å². The quantitative estimate of drug-likeness (QED) is 0.0351. The van der Waals surface area contributed by atoms with Gasteiger partial charge in [0.05, 0.1) is 11.8 Å². The maximum atomic E-state index is 12.6. The summed E-state index contributed by atoms with van der Waals surface area (Å²) in [6.45, 7) is 0. The van der Waals surface area contributed by atoms with Crippen LogP contribution in [0.5, 0.6) is 0 Å². The number of imide groups is 1. The van der Waals surface area contributed by atoms with E-state index in [2.05, 4.69) is 15.5 Å². The summed E-state index contributed by atoms with van der Waals surface area (Å²) in [5.74, 6) is -14.7. The molecule has 1 aliphatic heterocycles. The Morgan fingerprint density at radius 2 is 0.852 bits per heavy atom. The van der Waals surface area contributed by atoms with Crippen molar-refractivity contribution in [2.24, 2.45) is 11.8 Å². The zero-order valence-corrected chi connectivity index (χ0v) is 34.3. The lowest BCUT2D eigenvalue weighted by Gasteiger charge is -2.17. The molecule has 0 radical (unpaired) electrons. The number of hydrogen-bond acceptors (Lipinski definition) is 13. The SMILES string of the molecule is O=C(O)CCCCCCCCCCCCC(=O)N[C@@H](CCC(=O)C[C@@H](CCC(=O)N[C@@H](CCC(=O)C[C@@H](CCC(=O)ON1C(=O)CCC1=O)C(=O)O)C(=O)O)C(=O)O)C(=O)O. The Labute approximate surface area is 352 Å². The molecule has 0 aliphatic carbocycles. The Bertz CT molecular complexity index is 1560. The highest BCUT2D eigenvalue weighted by atomic mass is 16.7. The van der Waals surface area contributed by atoms with Crippen molar-refractivity contribution in [1.82, 2.24) is 15.7 Å². The van der Waals surface area contributed by atoms with E-state index < -0.39 is 146 Å². The summed E-state index contributed by atoms with van der Waals surface area (Å²) < 4.78 is 0. The van der Waals surface area contributed by atoms with Gasteiger partial charge in [0.25, 0.3) is 11.8 Å². The van der Waals surface area contributed by atoms with Crippen LogP contribution in [0, 0.1) is 11.8 Å². The van der Waals surface area contributed by atoms with Crippen molar-refractivity contribution >= 4 is 71.0 Å². The molecule has 4 atom stereocenters. The van der Waals surface area contributed by atoms with Crippen LogP contribution in [-0.4, -0.2) is 114 Å². The zero-order chi connectivity index (χ0) is 45.9. The fourth-order valence-electron chi connectivity index (χ4n) is 6.42. The molecule has 1 saturated heterocycles. The van der Waals surface area contributed by atoms with E-state index in [-0.39, 0.29) is 38.5 Å². The third-order valence-electron chi connectivity index (χ3n) is 10.00. The maximum absolute atomic E-state index is 12.6. The molecule has 342 valence electrons. The van der Waals surface area contributed by atoms with E-state index >= 15 is 0 Å². The molecule has 0 bridgehead atoms. The van der Waals surface area contributed by atoms with Gasteiger partial charge < -0.3 is 41.0 Å². The van der Waals surface area contributed by atoms with E-state index in [1.54, 1.807) is 0 Å². The molecule has 1 rings (SSSR count). The summed E-state index contributed by atoms with van der Waals surface area (Å²) in [5, 5.41) is 51.7. The molecule has 61 heavy (non-hydrogen) atoms. The largest absolute Gasteiger partial charge is 0.481 e. The summed E-state index contributed by atoms with van der Waals surface area (Å²) in [6.07, 6.45) is 4.13. The van der Waals surface area contributed by atoms with Gasteiger partial charge in [-0.2, -0.15) is 0 Å². The van der Waals surface area contributed by atoms with Gasteiger partial charge in [-0.05, 0) is 38.5 Å². The summed E-state index contributed by atoms with van der Waals surface area (Å²) >= 11 is 0. The van der Waals surface area contributed by atoms with Gasteiger partial charge in [-0.1, -0.05) is 51.4 Å². The smallest absolute Gasteiger partial charge is 0.333 e. The van der Waals surface area contributed by atoms with Crippen LogP contribution in [0.25, 0.3) is 0 Å². The minimum atomic E-state index is -1.62. The summed E-state index contributed by atoms with van der Waals surface area (Å²) in [7, 11) is 0. The minimum absolute atomic E-state index is 0.0875. The molecular formula is C40H59N3O18. The Hall–Kier alpha value is -5.76. The molecule has 21 heteroatoms. The number of carboxylic acids is 5. The van der Waals surface area contributed by atoms with Crippen molar-refractivity contribution < 1.29 is 87.9 Å². The van der Waals surface area contributed by atoms with E-state index in [1.807, 2.05) is 0 Å². The number of carboxylic acid groups (broad SMARTS) is 5. The monoisotopic (exact) mass is 869 g/mol. The lowest BCUT2D eigenvalue weighted by molar-refractivity contribution is -0.197. The fourth-order valence-corrected chi connectivity index (χ4v) is 6.42. The standard InChI is InChI=1S/C40H59N3O18/c44-27(15-17-29(39(57)58)41-31(46)11-9-7-5-3-1-2-4-6-8-10-12-35(50)51)23-25(37(53)54)13-19-32(47)42-30(40(59)60)18-16-28(45)24-26(38(55)56)14-22-36(52)61-43-33(48)20-21-34(43)49/h25-26,29-30H,1-24H2,(H,41,46)(H,42,47)(H,50,51)(H,53,54)(H,55,56)(H,57,58)(H,59,60)/t25-,26-,29+,30+/m1/s1. The lowest BCUT2D eigenvalue weighted by Crippen LogP contribution is -2.41.